The molecule has 158 valence electrons. The second-order valence-corrected chi connectivity index (χ2v) is 7.69. The number of nitrogens with one attached hydrogen (secondary N) is 1. The molecule has 0 aliphatic heterocycles. The number of carbonyl (C=O) groups excluding carboxylic acids is 1. The predicted octanol–water partition coefficient (Wildman–Crippen LogP) is 5.03. The normalized spacial score (nSPS) is 10.8. The van der Waals surface area contributed by atoms with Crippen LogP contribution < -0.4 is 10.1 Å². The number of para-hydroxylation sites is 1. The van der Waals surface area contributed by atoms with E-state index >= 15 is 0 Å². The maximum Gasteiger partial charge on any atom is 0.276 e. The number of ether oxygens (including phenoxy) is 1. The van der Waals surface area contributed by atoms with E-state index in [1.807, 2.05) is 12.1 Å². The van der Waals surface area contributed by atoms with Gasteiger partial charge in [0.25, 0.3) is 5.91 Å². The van der Waals surface area contributed by atoms with E-state index in [1.54, 1.807) is 47.5 Å². The molecule has 0 bridgehead atoms. The van der Waals surface area contributed by atoms with Crippen LogP contribution in [0.4, 0.5) is 5.69 Å². The average Bonchev–Trinajstić information content (AvgIpc) is 3.39. The van der Waals surface area contributed by atoms with Gasteiger partial charge in [-0.05, 0) is 36.2 Å². The molecular formula is C22H19Cl2N5O2. The third-order valence-corrected chi connectivity index (χ3v) is 5.21. The molecule has 0 aliphatic rings. The Morgan fingerprint density at radius 3 is 2.61 bits per heavy atom. The van der Waals surface area contributed by atoms with Gasteiger partial charge in [-0.3, -0.25) is 9.48 Å². The number of carbonyl (C=O) groups is 1. The van der Waals surface area contributed by atoms with Gasteiger partial charge in [-0.15, -0.1) is 0 Å². The Morgan fingerprint density at radius 2 is 1.84 bits per heavy atom. The van der Waals surface area contributed by atoms with Crippen LogP contribution in [0.2, 0.25) is 10.0 Å². The molecule has 1 N–H and O–H groups in total. The summed E-state index contributed by atoms with van der Waals surface area (Å²) in [6, 6.07) is 14.8. The van der Waals surface area contributed by atoms with Crippen molar-refractivity contribution in [3.63, 3.8) is 0 Å². The van der Waals surface area contributed by atoms with Crippen molar-refractivity contribution in [2.45, 2.75) is 20.2 Å². The van der Waals surface area contributed by atoms with Crippen LogP contribution in [0, 0.1) is 6.92 Å². The van der Waals surface area contributed by atoms with Crippen molar-refractivity contribution in [1.29, 1.82) is 0 Å². The molecule has 0 fully saturated rings. The number of anilines is 1. The number of hydrogen-bond acceptors (Lipinski definition) is 4. The zero-order chi connectivity index (χ0) is 21.8. The average molecular weight is 456 g/mol. The molecule has 0 unspecified atom stereocenters. The summed E-state index contributed by atoms with van der Waals surface area (Å²) in [5.41, 5.74) is 3.20. The number of hydrogen-bond donors (Lipinski definition) is 1. The van der Waals surface area contributed by atoms with E-state index in [9.17, 15) is 4.79 Å². The second kappa shape index (κ2) is 9.24. The van der Waals surface area contributed by atoms with Crippen LogP contribution in [0.1, 0.15) is 21.6 Å². The predicted molar refractivity (Wildman–Crippen MR) is 120 cm³/mol. The van der Waals surface area contributed by atoms with Gasteiger partial charge < -0.3 is 10.1 Å². The number of amides is 1. The quantitative estimate of drug-likeness (QED) is 0.423. The van der Waals surface area contributed by atoms with E-state index < -0.39 is 0 Å². The fraction of sp³-hybridized carbons (Fsp3) is 0.136. The summed E-state index contributed by atoms with van der Waals surface area (Å²) < 4.78 is 8.88. The Labute approximate surface area is 189 Å². The van der Waals surface area contributed by atoms with Gasteiger partial charge in [0.15, 0.2) is 18.2 Å². The van der Waals surface area contributed by atoms with E-state index in [2.05, 4.69) is 34.6 Å². The lowest BCUT2D eigenvalue weighted by molar-refractivity contribution is 0.102. The van der Waals surface area contributed by atoms with Crippen molar-refractivity contribution < 1.29 is 9.53 Å². The number of aromatic nitrogens is 4. The zero-order valence-electron chi connectivity index (χ0n) is 16.6. The summed E-state index contributed by atoms with van der Waals surface area (Å²) >= 11 is 12.2. The highest BCUT2D eigenvalue weighted by Crippen LogP contribution is 2.32. The molecule has 2 aromatic heterocycles. The molecule has 9 heteroatoms. The largest absolute Gasteiger partial charge is 0.468 e. The van der Waals surface area contributed by atoms with E-state index in [1.165, 1.54) is 15.8 Å². The monoisotopic (exact) mass is 455 g/mol. The molecule has 0 saturated carbocycles. The Bertz CT molecular complexity index is 1200. The van der Waals surface area contributed by atoms with Crippen LogP contribution in [0.15, 0.2) is 67.1 Å². The highest BCUT2D eigenvalue weighted by molar-refractivity contribution is 6.37. The summed E-state index contributed by atoms with van der Waals surface area (Å²) in [7, 11) is 0. The van der Waals surface area contributed by atoms with Crippen molar-refractivity contribution in [1.82, 2.24) is 19.6 Å². The molecule has 0 radical (unpaired) electrons. The van der Waals surface area contributed by atoms with Gasteiger partial charge in [-0.25, -0.2) is 4.68 Å². The molecule has 0 aliphatic carbocycles. The first-order valence-electron chi connectivity index (χ1n) is 9.48. The maximum atomic E-state index is 12.5. The van der Waals surface area contributed by atoms with E-state index in [0.29, 0.717) is 28.0 Å². The first-order chi connectivity index (χ1) is 15.0. The fourth-order valence-corrected chi connectivity index (χ4v) is 3.48. The molecule has 4 rings (SSSR count). The van der Waals surface area contributed by atoms with Crippen molar-refractivity contribution in [3.05, 3.63) is 94.0 Å². The van der Waals surface area contributed by atoms with Gasteiger partial charge in [0.2, 0.25) is 0 Å². The highest BCUT2D eigenvalue weighted by Gasteiger charge is 2.13. The highest BCUT2D eigenvalue weighted by atomic mass is 35.5. The third-order valence-electron chi connectivity index (χ3n) is 4.62. The van der Waals surface area contributed by atoms with Gasteiger partial charge in [-0.2, -0.15) is 10.2 Å². The number of rotatable bonds is 7. The molecule has 1 amide bonds. The van der Waals surface area contributed by atoms with E-state index in [-0.39, 0.29) is 18.3 Å². The minimum absolute atomic E-state index is 0.0606. The number of halogens is 2. The topological polar surface area (TPSA) is 74.0 Å². The lowest BCUT2D eigenvalue weighted by Crippen LogP contribution is -2.14. The Morgan fingerprint density at radius 1 is 1.06 bits per heavy atom. The zero-order valence-corrected chi connectivity index (χ0v) is 18.1. The third kappa shape index (κ3) is 5.07. The molecule has 2 heterocycles. The van der Waals surface area contributed by atoms with Crippen LogP contribution >= 0.6 is 23.2 Å². The van der Waals surface area contributed by atoms with Gasteiger partial charge in [0.1, 0.15) is 0 Å². The van der Waals surface area contributed by atoms with Crippen molar-refractivity contribution in [3.8, 4) is 5.75 Å². The van der Waals surface area contributed by atoms with Crippen LogP contribution in [0.3, 0.4) is 0 Å². The fourth-order valence-electron chi connectivity index (χ4n) is 2.98. The van der Waals surface area contributed by atoms with Crippen LogP contribution in [0.5, 0.6) is 5.75 Å². The first kappa shape index (κ1) is 21.0. The second-order valence-electron chi connectivity index (χ2n) is 6.87. The maximum absolute atomic E-state index is 12.5. The summed E-state index contributed by atoms with van der Waals surface area (Å²) in [5.74, 6) is 0.0263. The van der Waals surface area contributed by atoms with E-state index in [4.69, 9.17) is 27.9 Å². The molecule has 0 atom stereocenters. The molecule has 7 nitrogen and oxygen atoms in total. The van der Waals surface area contributed by atoms with Crippen LogP contribution in [-0.4, -0.2) is 25.5 Å². The molecule has 0 spiro atoms. The number of nitrogens with zero attached hydrogens (tertiary/aromatic N) is 4. The number of benzene rings is 2. The molecule has 4 aromatic rings. The van der Waals surface area contributed by atoms with Crippen molar-refractivity contribution >= 4 is 34.8 Å². The Hall–Kier alpha value is -3.29. The Kier molecular flexibility index (Phi) is 6.25. The molecule has 31 heavy (non-hydrogen) atoms. The minimum Gasteiger partial charge on any atom is -0.468 e. The SMILES string of the molecule is Cc1ccccc1Cn1cc(NC(=O)c2ccn(COc3c(Cl)cccc3Cl)n2)cn1. The van der Waals surface area contributed by atoms with Crippen molar-refractivity contribution in [2.24, 2.45) is 0 Å². The molecule has 2 aromatic carbocycles. The summed E-state index contributed by atoms with van der Waals surface area (Å²) in [6.07, 6.45) is 5.03. The van der Waals surface area contributed by atoms with E-state index in [0.717, 1.165) is 0 Å². The van der Waals surface area contributed by atoms with Crippen LogP contribution in [0.25, 0.3) is 0 Å². The van der Waals surface area contributed by atoms with Gasteiger partial charge in [0.05, 0.1) is 28.5 Å². The summed E-state index contributed by atoms with van der Waals surface area (Å²) in [5, 5.41) is 12.2. The molecule has 0 saturated heterocycles. The van der Waals surface area contributed by atoms with Gasteiger partial charge in [0, 0.05) is 12.4 Å². The standard InChI is InChI=1S/C22H19Cl2N5O2/c1-15-5-2-3-6-16(15)12-29-13-17(11-25-29)26-22(30)20-9-10-28(27-20)14-31-21-18(23)7-4-8-19(21)24/h2-11,13H,12,14H2,1H3,(H,26,30). The van der Waals surface area contributed by atoms with Crippen LogP contribution in [-0.2, 0) is 13.3 Å². The molecular weight excluding hydrogens is 437 g/mol. The van der Waals surface area contributed by atoms with Crippen molar-refractivity contribution in [2.75, 3.05) is 5.32 Å². The number of aryl methyl sites for hydroxylation is 1. The van der Waals surface area contributed by atoms with Gasteiger partial charge >= 0.3 is 0 Å². The smallest absolute Gasteiger partial charge is 0.276 e. The lowest BCUT2D eigenvalue weighted by atomic mass is 10.1. The Balaban J connectivity index is 1.36. The van der Waals surface area contributed by atoms with Gasteiger partial charge in [-0.1, -0.05) is 53.5 Å². The minimum atomic E-state index is -0.343. The summed E-state index contributed by atoms with van der Waals surface area (Å²) in [4.78, 5) is 12.5. The first-order valence-corrected chi connectivity index (χ1v) is 10.2. The summed E-state index contributed by atoms with van der Waals surface area (Å²) in [6.45, 7) is 2.74. The lowest BCUT2D eigenvalue weighted by Gasteiger charge is -2.09.